The van der Waals surface area contributed by atoms with E-state index in [1.165, 1.54) is 16.7 Å². The highest BCUT2D eigenvalue weighted by atomic mass is 15.1. The molecule has 0 unspecified atom stereocenters. The first-order valence-electron chi connectivity index (χ1n) is 6.33. The number of hydrogen-bond acceptors (Lipinski definition) is 2. The summed E-state index contributed by atoms with van der Waals surface area (Å²) in [4.78, 5) is 4.50. The number of nitrogens with zero attached hydrogens (tertiary/aromatic N) is 2. The number of aromatic nitrogens is 2. The van der Waals surface area contributed by atoms with E-state index in [1.54, 1.807) is 0 Å². The number of benzene rings is 1. The van der Waals surface area contributed by atoms with Crippen LogP contribution < -0.4 is 5.73 Å². The molecule has 3 nitrogen and oxygen atoms in total. The summed E-state index contributed by atoms with van der Waals surface area (Å²) in [6.45, 7) is 9.16. The summed E-state index contributed by atoms with van der Waals surface area (Å²) in [5.41, 5.74) is 10.8. The van der Waals surface area contributed by atoms with E-state index in [0.29, 0.717) is 0 Å². The van der Waals surface area contributed by atoms with Gasteiger partial charge >= 0.3 is 0 Å². The van der Waals surface area contributed by atoms with Crippen LogP contribution in [0, 0.1) is 20.8 Å². The molecule has 0 bridgehead atoms. The Balaban J connectivity index is 2.34. The van der Waals surface area contributed by atoms with Crippen molar-refractivity contribution in [1.29, 1.82) is 0 Å². The van der Waals surface area contributed by atoms with E-state index in [9.17, 15) is 0 Å². The molecule has 96 valence electrons. The quantitative estimate of drug-likeness (QED) is 0.900. The molecule has 1 aromatic carbocycles. The minimum atomic E-state index is -0.0112. The molecule has 1 aromatic heterocycles. The van der Waals surface area contributed by atoms with E-state index in [-0.39, 0.29) is 6.04 Å². The Kier molecular flexibility index (Phi) is 3.53. The number of rotatable bonds is 3. The molecule has 0 aliphatic rings. The SMILES string of the molecule is Cc1cccc(C)c1Cn1cc([C@@H](C)N)nc1C. The Bertz CT molecular complexity index is 533. The van der Waals surface area contributed by atoms with Crippen molar-refractivity contribution in [3.05, 3.63) is 52.6 Å². The molecule has 2 rings (SSSR count). The number of nitrogens with two attached hydrogens (primary N) is 1. The average molecular weight is 243 g/mol. The third-order valence-electron chi connectivity index (χ3n) is 3.43. The first-order valence-corrected chi connectivity index (χ1v) is 6.33. The van der Waals surface area contributed by atoms with E-state index in [1.807, 2.05) is 13.8 Å². The summed E-state index contributed by atoms with van der Waals surface area (Å²) in [6, 6.07) is 6.40. The van der Waals surface area contributed by atoms with Crippen LogP contribution in [-0.4, -0.2) is 9.55 Å². The second-order valence-corrected chi connectivity index (χ2v) is 5.00. The summed E-state index contributed by atoms with van der Waals surface area (Å²) >= 11 is 0. The van der Waals surface area contributed by atoms with Gasteiger partial charge in [-0.1, -0.05) is 18.2 Å². The molecule has 1 heterocycles. The zero-order valence-electron chi connectivity index (χ0n) is 11.6. The molecule has 2 aromatic rings. The Morgan fingerprint density at radius 3 is 2.33 bits per heavy atom. The van der Waals surface area contributed by atoms with Gasteiger partial charge in [0, 0.05) is 18.8 Å². The average Bonchev–Trinajstić information content (AvgIpc) is 2.66. The van der Waals surface area contributed by atoms with Crippen LogP contribution in [0.5, 0.6) is 0 Å². The maximum Gasteiger partial charge on any atom is 0.106 e. The largest absolute Gasteiger partial charge is 0.330 e. The molecule has 0 saturated heterocycles. The highest BCUT2D eigenvalue weighted by molar-refractivity contribution is 5.34. The van der Waals surface area contributed by atoms with Crippen LogP contribution >= 0.6 is 0 Å². The van der Waals surface area contributed by atoms with Gasteiger partial charge in [0.1, 0.15) is 5.82 Å². The molecule has 3 heteroatoms. The van der Waals surface area contributed by atoms with Crippen LogP contribution in [0.3, 0.4) is 0 Å². The number of hydrogen-bond donors (Lipinski definition) is 1. The summed E-state index contributed by atoms with van der Waals surface area (Å²) < 4.78 is 2.17. The van der Waals surface area contributed by atoms with Crippen molar-refractivity contribution in [2.24, 2.45) is 5.73 Å². The summed E-state index contributed by atoms with van der Waals surface area (Å²) in [6.07, 6.45) is 2.06. The highest BCUT2D eigenvalue weighted by Gasteiger charge is 2.10. The van der Waals surface area contributed by atoms with Gasteiger partial charge in [0.2, 0.25) is 0 Å². The Hall–Kier alpha value is -1.61. The predicted octanol–water partition coefficient (Wildman–Crippen LogP) is 2.88. The lowest BCUT2D eigenvalue weighted by Crippen LogP contribution is -2.05. The van der Waals surface area contributed by atoms with Gasteiger partial charge in [-0.3, -0.25) is 0 Å². The van der Waals surface area contributed by atoms with E-state index in [4.69, 9.17) is 5.73 Å². The summed E-state index contributed by atoms with van der Waals surface area (Å²) in [5.74, 6) is 1.02. The monoisotopic (exact) mass is 243 g/mol. The predicted molar refractivity (Wildman–Crippen MR) is 74.6 cm³/mol. The lowest BCUT2D eigenvalue weighted by molar-refractivity contribution is 0.751. The van der Waals surface area contributed by atoms with Crippen LogP contribution in [0.15, 0.2) is 24.4 Å². The fourth-order valence-corrected chi connectivity index (χ4v) is 2.18. The lowest BCUT2D eigenvalue weighted by Gasteiger charge is -2.11. The molecule has 1 atom stereocenters. The van der Waals surface area contributed by atoms with Gasteiger partial charge in [0.25, 0.3) is 0 Å². The smallest absolute Gasteiger partial charge is 0.106 e. The van der Waals surface area contributed by atoms with Crippen LogP contribution in [-0.2, 0) is 6.54 Å². The third kappa shape index (κ3) is 2.46. The third-order valence-corrected chi connectivity index (χ3v) is 3.43. The van der Waals surface area contributed by atoms with Crippen molar-refractivity contribution >= 4 is 0 Å². The van der Waals surface area contributed by atoms with Crippen LogP contribution in [0.4, 0.5) is 0 Å². The lowest BCUT2D eigenvalue weighted by atomic mass is 10.0. The van der Waals surface area contributed by atoms with Gasteiger partial charge in [0.15, 0.2) is 0 Å². The molecule has 0 fully saturated rings. The van der Waals surface area contributed by atoms with Gasteiger partial charge in [-0.15, -0.1) is 0 Å². The first kappa shape index (κ1) is 12.8. The van der Waals surface area contributed by atoms with Gasteiger partial charge in [-0.25, -0.2) is 4.98 Å². The maximum atomic E-state index is 5.87. The topological polar surface area (TPSA) is 43.8 Å². The van der Waals surface area contributed by atoms with Crippen molar-refractivity contribution < 1.29 is 0 Å². The molecular weight excluding hydrogens is 222 g/mol. The Morgan fingerprint density at radius 2 is 1.83 bits per heavy atom. The molecule has 0 aliphatic heterocycles. The van der Waals surface area contributed by atoms with Gasteiger partial charge in [0.05, 0.1) is 5.69 Å². The Morgan fingerprint density at radius 1 is 1.22 bits per heavy atom. The van der Waals surface area contributed by atoms with Crippen LogP contribution in [0.2, 0.25) is 0 Å². The fourth-order valence-electron chi connectivity index (χ4n) is 2.18. The fraction of sp³-hybridized carbons (Fsp3) is 0.400. The second-order valence-electron chi connectivity index (χ2n) is 5.00. The standard InChI is InChI=1S/C15H21N3/c1-10-6-5-7-11(2)14(10)8-18-9-15(12(3)16)17-13(18)4/h5-7,9,12H,8,16H2,1-4H3/t12-/m1/s1. The van der Waals surface area contributed by atoms with Gasteiger partial charge in [-0.05, 0) is 44.4 Å². The first-order chi connectivity index (χ1) is 8.49. The van der Waals surface area contributed by atoms with Crippen molar-refractivity contribution in [3.8, 4) is 0 Å². The van der Waals surface area contributed by atoms with E-state index in [2.05, 4.69) is 47.8 Å². The highest BCUT2D eigenvalue weighted by Crippen LogP contribution is 2.17. The van der Waals surface area contributed by atoms with Crippen LogP contribution in [0.1, 0.15) is 41.2 Å². The molecule has 0 aliphatic carbocycles. The molecule has 18 heavy (non-hydrogen) atoms. The van der Waals surface area contributed by atoms with Gasteiger partial charge < -0.3 is 10.3 Å². The molecule has 2 N–H and O–H groups in total. The summed E-state index contributed by atoms with van der Waals surface area (Å²) in [7, 11) is 0. The molecule has 0 radical (unpaired) electrons. The van der Waals surface area contributed by atoms with Crippen molar-refractivity contribution in [2.75, 3.05) is 0 Å². The molecular formula is C15H21N3. The number of imidazole rings is 1. The zero-order valence-corrected chi connectivity index (χ0v) is 11.6. The minimum absolute atomic E-state index is 0.0112. The molecule has 0 spiro atoms. The molecule has 0 amide bonds. The van der Waals surface area contributed by atoms with E-state index in [0.717, 1.165) is 18.1 Å². The number of aryl methyl sites for hydroxylation is 3. The van der Waals surface area contributed by atoms with Crippen molar-refractivity contribution in [1.82, 2.24) is 9.55 Å². The van der Waals surface area contributed by atoms with Gasteiger partial charge in [-0.2, -0.15) is 0 Å². The van der Waals surface area contributed by atoms with Crippen molar-refractivity contribution in [3.63, 3.8) is 0 Å². The minimum Gasteiger partial charge on any atom is -0.330 e. The van der Waals surface area contributed by atoms with Crippen molar-refractivity contribution in [2.45, 2.75) is 40.3 Å². The normalized spacial score (nSPS) is 12.7. The zero-order chi connectivity index (χ0) is 13.3. The molecule has 0 saturated carbocycles. The van der Waals surface area contributed by atoms with E-state index >= 15 is 0 Å². The maximum absolute atomic E-state index is 5.87. The van der Waals surface area contributed by atoms with E-state index < -0.39 is 0 Å². The Labute approximate surface area is 109 Å². The second kappa shape index (κ2) is 4.94. The van der Waals surface area contributed by atoms with Crippen LogP contribution in [0.25, 0.3) is 0 Å². The summed E-state index contributed by atoms with van der Waals surface area (Å²) in [5, 5.41) is 0.